The molecule has 1 aliphatic carbocycles. The molecule has 0 amide bonds. The van der Waals surface area contributed by atoms with Gasteiger partial charge in [0.1, 0.15) is 5.54 Å². The van der Waals surface area contributed by atoms with Crippen molar-refractivity contribution in [3.05, 3.63) is 66.4 Å². The number of Topliss-reactive ketones (excluding diaryl/α,β-unsaturated/α-hetero) is 1. The Morgan fingerprint density at radius 3 is 2.85 bits per heavy atom. The average Bonchev–Trinajstić information content (AvgIpc) is 2.49. The fraction of sp³-hybridized carbons (Fsp3) is 0.125. The molecule has 3 rings (SSSR count). The zero-order valence-corrected chi connectivity index (χ0v) is 10.9. The molecule has 1 heterocycles. The number of nitrogens with two attached hydrogens (primary N) is 2. The van der Waals surface area contributed by atoms with Crippen molar-refractivity contribution < 1.29 is 4.79 Å². The van der Waals surface area contributed by atoms with Gasteiger partial charge in [0.2, 0.25) is 0 Å². The maximum atomic E-state index is 12.6. The first-order valence-corrected chi connectivity index (χ1v) is 6.41. The van der Waals surface area contributed by atoms with Crippen molar-refractivity contribution in [3.63, 3.8) is 0 Å². The first-order chi connectivity index (χ1) is 9.61. The lowest BCUT2D eigenvalue weighted by Crippen LogP contribution is -2.59. The number of allylic oxidation sites excluding steroid dienone is 2. The lowest BCUT2D eigenvalue weighted by Gasteiger charge is -2.30. The predicted octanol–water partition coefficient (Wildman–Crippen LogP) is 1.57. The molecule has 0 saturated heterocycles. The van der Waals surface area contributed by atoms with Gasteiger partial charge in [-0.05, 0) is 12.1 Å². The standard InChI is InChI=1S/C16H15N3O/c17-14-7-3-4-8-16(14,18)15(20)12-9-11-5-1-2-6-13(11)19-10-12/h1-10,14H,17-18H2. The van der Waals surface area contributed by atoms with Gasteiger partial charge >= 0.3 is 0 Å². The van der Waals surface area contributed by atoms with E-state index in [0.29, 0.717) is 5.56 Å². The van der Waals surface area contributed by atoms with E-state index in [9.17, 15) is 4.79 Å². The van der Waals surface area contributed by atoms with E-state index < -0.39 is 11.6 Å². The number of fused-ring (bicyclic) bond motifs is 1. The van der Waals surface area contributed by atoms with Gasteiger partial charge in [-0.3, -0.25) is 9.78 Å². The van der Waals surface area contributed by atoms with Gasteiger partial charge in [-0.25, -0.2) is 0 Å². The highest BCUT2D eigenvalue weighted by atomic mass is 16.1. The molecule has 0 fully saturated rings. The number of hydrogen-bond donors (Lipinski definition) is 2. The van der Waals surface area contributed by atoms with Gasteiger partial charge in [0.05, 0.1) is 11.6 Å². The normalized spacial score (nSPS) is 25.0. The van der Waals surface area contributed by atoms with Gasteiger partial charge in [-0.15, -0.1) is 0 Å². The van der Waals surface area contributed by atoms with E-state index in [2.05, 4.69) is 4.98 Å². The number of aromatic nitrogens is 1. The van der Waals surface area contributed by atoms with Crippen LogP contribution in [0.15, 0.2) is 60.8 Å². The molecule has 20 heavy (non-hydrogen) atoms. The lowest BCUT2D eigenvalue weighted by atomic mass is 9.81. The number of ketones is 1. The number of hydrogen-bond acceptors (Lipinski definition) is 4. The van der Waals surface area contributed by atoms with Gasteiger partial charge in [-0.1, -0.05) is 42.5 Å². The number of nitrogens with zero attached hydrogens (tertiary/aromatic N) is 1. The van der Waals surface area contributed by atoms with Crippen molar-refractivity contribution in [1.82, 2.24) is 4.98 Å². The second kappa shape index (κ2) is 4.67. The highest BCUT2D eigenvalue weighted by Gasteiger charge is 2.38. The Morgan fingerprint density at radius 2 is 2.05 bits per heavy atom. The second-order valence-corrected chi connectivity index (χ2v) is 4.95. The van der Waals surface area contributed by atoms with Crippen LogP contribution in [-0.4, -0.2) is 22.3 Å². The number of rotatable bonds is 2. The largest absolute Gasteiger partial charge is 0.322 e. The second-order valence-electron chi connectivity index (χ2n) is 4.95. The molecule has 0 radical (unpaired) electrons. The number of benzene rings is 1. The quantitative estimate of drug-likeness (QED) is 0.807. The van der Waals surface area contributed by atoms with E-state index in [1.165, 1.54) is 0 Å². The summed E-state index contributed by atoms with van der Waals surface area (Å²) in [6.07, 6.45) is 8.47. The maximum absolute atomic E-state index is 12.6. The summed E-state index contributed by atoms with van der Waals surface area (Å²) < 4.78 is 0. The minimum atomic E-state index is -1.21. The number of para-hydroxylation sites is 1. The molecule has 0 spiro atoms. The van der Waals surface area contributed by atoms with Gasteiger partial charge in [-0.2, -0.15) is 0 Å². The van der Waals surface area contributed by atoms with Gasteiger partial charge in [0, 0.05) is 17.1 Å². The zero-order chi connectivity index (χ0) is 14.2. The Morgan fingerprint density at radius 1 is 1.25 bits per heavy atom. The molecule has 4 nitrogen and oxygen atoms in total. The molecule has 2 atom stereocenters. The fourth-order valence-corrected chi connectivity index (χ4v) is 2.34. The van der Waals surface area contributed by atoms with Crippen LogP contribution in [0.1, 0.15) is 10.4 Å². The van der Waals surface area contributed by atoms with Crippen LogP contribution in [0.2, 0.25) is 0 Å². The van der Waals surface area contributed by atoms with Crippen LogP contribution >= 0.6 is 0 Å². The van der Waals surface area contributed by atoms with E-state index in [4.69, 9.17) is 11.5 Å². The van der Waals surface area contributed by atoms with Crippen LogP contribution in [0.25, 0.3) is 10.9 Å². The van der Waals surface area contributed by atoms with Crippen LogP contribution in [-0.2, 0) is 0 Å². The van der Waals surface area contributed by atoms with E-state index in [1.54, 1.807) is 36.6 Å². The van der Waals surface area contributed by atoms with Crippen LogP contribution in [0, 0.1) is 0 Å². The predicted molar refractivity (Wildman–Crippen MR) is 79.2 cm³/mol. The Balaban J connectivity index is 2.04. The SMILES string of the molecule is NC1C=CC=CC1(N)C(=O)c1cnc2ccccc2c1. The minimum Gasteiger partial charge on any atom is -0.322 e. The summed E-state index contributed by atoms with van der Waals surface area (Å²) in [6, 6.07) is 8.90. The molecule has 0 aliphatic heterocycles. The summed E-state index contributed by atoms with van der Waals surface area (Å²) in [5, 5.41) is 0.908. The van der Waals surface area contributed by atoms with Crippen LogP contribution < -0.4 is 11.5 Å². The molecule has 4 N–H and O–H groups in total. The summed E-state index contributed by atoms with van der Waals surface area (Å²) in [5.41, 5.74) is 12.3. The van der Waals surface area contributed by atoms with Crippen molar-refractivity contribution in [3.8, 4) is 0 Å². The first-order valence-electron chi connectivity index (χ1n) is 6.41. The van der Waals surface area contributed by atoms with E-state index in [-0.39, 0.29) is 5.78 Å². The summed E-state index contributed by atoms with van der Waals surface area (Å²) in [7, 11) is 0. The topological polar surface area (TPSA) is 82.0 Å². The minimum absolute atomic E-state index is 0.219. The number of carbonyl (C=O) groups is 1. The Kier molecular flexibility index (Phi) is 2.97. The summed E-state index contributed by atoms with van der Waals surface area (Å²) in [5.74, 6) is -0.219. The Hall–Kier alpha value is -2.30. The molecule has 1 aromatic carbocycles. The van der Waals surface area contributed by atoms with Crippen LogP contribution in [0.4, 0.5) is 0 Å². The lowest BCUT2D eigenvalue weighted by molar-refractivity contribution is 0.0911. The number of carbonyl (C=O) groups excluding carboxylic acids is 1. The highest BCUT2D eigenvalue weighted by Crippen LogP contribution is 2.21. The van der Waals surface area contributed by atoms with E-state index in [1.807, 2.05) is 24.3 Å². The van der Waals surface area contributed by atoms with Crippen molar-refractivity contribution in [2.45, 2.75) is 11.6 Å². The third kappa shape index (κ3) is 1.95. The molecule has 2 aromatic rings. The fourth-order valence-electron chi connectivity index (χ4n) is 2.34. The van der Waals surface area contributed by atoms with Crippen molar-refractivity contribution in [2.24, 2.45) is 11.5 Å². The van der Waals surface area contributed by atoms with E-state index >= 15 is 0 Å². The Bertz CT molecular complexity index is 735. The van der Waals surface area contributed by atoms with Crippen LogP contribution in [0.3, 0.4) is 0 Å². The molecular weight excluding hydrogens is 250 g/mol. The number of pyridine rings is 1. The molecule has 0 bridgehead atoms. The van der Waals surface area contributed by atoms with Crippen molar-refractivity contribution in [2.75, 3.05) is 0 Å². The van der Waals surface area contributed by atoms with Gasteiger partial charge < -0.3 is 11.5 Å². The maximum Gasteiger partial charge on any atom is 0.190 e. The average molecular weight is 265 g/mol. The molecule has 100 valence electrons. The smallest absolute Gasteiger partial charge is 0.190 e. The highest BCUT2D eigenvalue weighted by molar-refractivity contribution is 6.07. The monoisotopic (exact) mass is 265 g/mol. The molecular formula is C16H15N3O. The molecule has 4 heteroatoms. The molecule has 1 aromatic heterocycles. The van der Waals surface area contributed by atoms with E-state index in [0.717, 1.165) is 10.9 Å². The summed E-state index contributed by atoms with van der Waals surface area (Å²) >= 11 is 0. The molecule has 1 aliphatic rings. The third-order valence-corrected chi connectivity index (χ3v) is 3.60. The summed E-state index contributed by atoms with van der Waals surface area (Å²) in [4.78, 5) is 16.9. The van der Waals surface area contributed by atoms with Crippen LogP contribution in [0.5, 0.6) is 0 Å². The zero-order valence-electron chi connectivity index (χ0n) is 10.9. The van der Waals surface area contributed by atoms with Crippen molar-refractivity contribution in [1.29, 1.82) is 0 Å². The van der Waals surface area contributed by atoms with Gasteiger partial charge in [0.15, 0.2) is 5.78 Å². The Labute approximate surface area is 116 Å². The van der Waals surface area contributed by atoms with Crippen molar-refractivity contribution >= 4 is 16.7 Å². The van der Waals surface area contributed by atoms with Gasteiger partial charge in [0.25, 0.3) is 0 Å². The molecule has 0 saturated carbocycles. The summed E-state index contributed by atoms with van der Waals surface area (Å²) in [6.45, 7) is 0. The first kappa shape index (κ1) is 12.7. The molecule has 2 unspecified atom stereocenters. The third-order valence-electron chi connectivity index (χ3n) is 3.60.